The van der Waals surface area contributed by atoms with Crippen molar-refractivity contribution in [2.75, 3.05) is 39.2 Å². The lowest BCUT2D eigenvalue weighted by Gasteiger charge is -2.35. The lowest BCUT2D eigenvalue weighted by Crippen LogP contribution is -2.47. The predicted molar refractivity (Wildman–Crippen MR) is 90.3 cm³/mol. The summed E-state index contributed by atoms with van der Waals surface area (Å²) in [6.45, 7) is 2.06. The topological polar surface area (TPSA) is 59.6 Å². The van der Waals surface area contributed by atoms with Crippen molar-refractivity contribution in [1.29, 1.82) is 0 Å². The van der Waals surface area contributed by atoms with E-state index in [1.807, 2.05) is 0 Å². The summed E-state index contributed by atoms with van der Waals surface area (Å²) in [5.41, 5.74) is 0.187. The van der Waals surface area contributed by atoms with Gasteiger partial charge in [0.1, 0.15) is 5.75 Å². The summed E-state index contributed by atoms with van der Waals surface area (Å²) < 4.78 is 10.4. The first kappa shape index (κ1) is 19.0. The molecule has 1 fully saturated rings. The van der Waals surface area contributed by atoms with Crippen LogP contribution in [0.1, 0.15) is 12.8 Å². The molecule has 1 aliphatic rings. The van der Waals surface area contributed by atoms with Gasteiger partial charge in [0.15, 0.2) is 0 Å². The molecule has 0 radical (unpaired) electrons. The molecule has 0 aliphatic carbocycles. The fourth-order valence-corrected chi connectivity index (χ4v) is 2.88. The molecular weight excluding hydrogens is 327 g/mol. The summed E-state index contributed by atoms with van der Waals surface area (Å²) in [4.78, 5) is 12.7. The number of nitrogens with one attached hydrogen (secondary N) is 2. The van der Waals surface area contributed by atoms with Gasteiger partial charge in [0, 0.05) is 12.8 Å². The van der Waals surface area contributed by atoms with Crippen LogP contribution in [0, 0.1) is 5.41 Å². The quantitative estimate of drug-likeness (QED) is 0.858. The Morgan fingerprint density at radius 1 is 1.36 bits per heavy atom. The van der Waals surface area contributed by atoms with Crippen molar-refractivity contribution in [1.82, 2.24) is 5.32 Å². The number of benzene rings is 1. The Morgan fingerprint density at radius 3 is 2.59 bits per heavy atom. The van der Waals surface area contributed by atoms with Crippen LogP contribution < -0.4 is 15.4 Å². The zero-order chi connectivity index (χ0) is 15.3. The third kappa shape index (κ3) is 4.26. The summed E-state index contributed by atoms with van der Waals surface area (Å²) in [5.74, 6) is 0.565. The molecular formula is C15H22Cl2N2O3. The fourth-order valence-electron chi connectivity index (χ4n) is 2.63. The van der Waals surface area contributed by atoms with Gasteiger partial charge < -0.3 is 20.1 Å². The van der Waals surface area contributed by atoms with E-state index in [0.717, 1.165) is 25.9 Å². The molecule has 5 nitrogen and oxygen atoms in total. The SMILES string of the molecule is COCC1(C(=O)Nc2ccc(OC)c(Cl)c2)CCNCC1.Cl. The number of rotatable bonds is 5. The first-order valence-electron chi connectivity index (χ1n) is 6.96. The molecule has 0 bridgehead atoms. The second-order valence-corrected chi connectivity index (χ2v) is 5.67. The van der Waals surface area contributed by atoms with Gasteiger partial charge in [0.2, 0.25) is 5.91 Å². The Kier molecular flexibility index (Phi) is 7.42. The zero-order valence-electron chi connectivity index (χ0n) is 12.8. The highest BCUT2D eigenvalue weighted by Gasteiger charge is 2.39. The van der Waals surface area contributed by atoms with Crippen molar-refractivity contribution in [2.45, 2.75) is 12.8 Å². The van der Waals surface area contributed by atoms with Crippen molar-refractivity contribution in [3.63, 3.8) is 0 Å². The van der Waals surface area contributed by atoms with Crippen LogP contribution in [0.4, 0.5) is 5.69 Å². The van der Waals surface area contributed by atoms with Crippen LogP contribution in [-0.4, -0.2) is 39.8 Å². The van der Waals surface area contributed by atoms with Gasteiger partial charge in [-0.1, -0.05) is 11.6 Å². The third-order valence-electron chi connectivity index (χ3n) is 3.87. The molecule has 1 aromatic carbocycles. The lowest BCUT2D eigenvalue weighted by atomic mass is 9.78. The number of piperidine rings is 1. The molecule has 22 heavy (non-hydrogen) atoms. The van der Waals surface area contributed by atoms with Gasteiger partial charge in [-0.25, -0.2) is 0 Å². The van der Waals surface area contributed by atoms with Crippen LogP contribution in [0.3, 0.4) is 0 Å². The summed E-state index contributed by atoms with van der Waals surface area (Å²) >= 11 is 6.08. The highest BCUT2D eigenvalue weighted by Crippen LogP contribution is 2.32. The van der Waals surface area contributed by atoms with Crippen LogP contribution in [0.25, 0.3) is 0 Å². The van der Waals surface area contributed by atoms with Gasteiger partial charge in [0.05, 0.1) is 24.2 Å². The molecule has 0 spiro atoms. The number of hydrogen-bond acceptors (Lipinski definition) is 4. The van der Waals surface area contributed by atoms with Crippen molar-refractivity contribution < 1.29 is 14.3 Å². The van der Waals surface area contributed by atoms with Crippen molar-refractivity contribution in [3.05, 3.63) is 23.2 Å². The van der Waals surface area contributed by atoms with Gasteiger partial charge in [-0.15, -0.1) is 12.4 Å². The molecule has 2 rings (SSSR count). The Balaban J connectivity index is 0.00000242. The standard InChI is InChI=1S/C15H21ClN2O3.ClH/c1-20-10-15(5-7-17-8-6-15)14(19)18-11-3-4-13(21-2)12(16)9-11;/h3-4,9,17H,5-8,10H2,1-2H3,(H,18,19);1H. The number of carbonyl (C=O) groups is 1. The lowest BCUT2D eigenvalue weighted by molar-refractivity contribution is -0.130. The third-order valence-corrected chi connectivity index (χ3v) is 4.17. The normalized spacial score (nSPS) is 16.5. The van der Waals surface area contributed by atoms with Gasteiger partial charge in [0.25, 0.3) is 0 Å². The zero-order valence-corrected chi connectivity index (χ0v) is 14.4. The number of halogens is 2. The van der Waals surface area contributed by atoms with E-state index in [-0.39, 0.29) is 18.3 Å². The first-order valence-corrected chi connectivity index (χ1v) is 7.34. The molecule has 1 amide bonds. The maximum Gasteiger partial charge on any atom is 0.233 e. The van der Waals surface area contributed by atoms with Gasteiger partial charge in [-0.2, -0.15) is 0 Å². The highest BCUT2D eigenvalue weighted by molar-refractivity contribution is 6.32. The molecule has 0 atom stereocenters. The average Bonchev–Trinajstić information content (AvgIpc) is 2.48. The van der Waals surface area contributed by atoms with Gasteiger partial charge in [-0.05, 0) is 44.1 Å². The largest absolute Gasteiger partial charge is 0.495 e. The van der Waals surface area contributed by atoms with E-state index >= 15 is 0 Å². The van der Waals surface area contributed by atoms with E-state index in [1.165, 1.54) is 0 Å². The van der Waals surface area contributed by atoms with Gasteiger partial charge in [-0.3, -0.25) is 4.79 Å². The summed E-state index contributed by atoms with van der Waals surface area (Å²) in [6.07, 6.45) is 1.52. The first-order chi connectivity index (χ1) is 10.1. The summed E-state index contributed by atoms with van der Waals surface area (Å²) in [6, 6.07) is 5.22. The van der Waals surface area contributed by atoms with Crippen molar-refractivity contribution >= 4 is 35.6 Å². The molecule has 1 saturated heterocycles. The number of amides is 1. The molecule has 124 valence electrons. The molecule has 0 aromatic heterocycles. The van der Waals surface area contributed by atoms with Crippen LogP contribution in [0.2, 0.25) is 5.02 Å². The highest BCUT2D eigenvalue weighted by atomic mass is 35.5. The number of anilines is 1. The van der Waals surface area contributed by atoms with Crippen LogP contribution in [0.5, 0.6) is 5.75 Å². The van der Waals surface area contributed by atoms with E-state index in [1.54, 1.807) is 32.4 Å². The predicted octanol–water partition coefficient (Wildman–Crippen LogP) is 2.73. The van der Waals surface area contributed by atoms with Crippen molar-refractivity contribution in [2.24, 2.45) is 5.41 Å². The summed E-state index contributed by atoms with van der Waals surface area (Å²) in [5, 5.41) is 6.68. The number of hydrogen-bond donors (Lipinski definition) is 2. The van der Waals surface area contributed by atoms with E-state index in [0.29, 0.717) is 23.1 Å². The molecule has 1 aliphatic heterocycles. The van der Waals surface area contributed by atoms with E-state index in [4.69, 9.17) is 21.1 Å². The van der Waals surface area contributed by atoms with E-state index < -0.39 is 5.41 Å². The van der Waals surface area contributed by atoms with Crippen molar-refractivity contribution in [3.8, 4) is 5.75 Å². The molecule has 0 unspecified atom stereocenters. The second-order valence-electron chi connectivity index (χ2n) is 5.27. The van der Waals surface area contributed by atoms with Crippen LogP contribution in [0.15, 0.2) is 18.2 Å². The minimum atomic E-state index is -0.480. The summed E-state index contributed by atoms with van der Waals surface area (Å²) in [7, 11) is 3.18. The number of ether oxygens (including phenoxy) is 2. The monoisotopic (exact) mass is 348 g/mol. The minimum Gasteiger partial charge on any atom is -0.495 e. The Labute approximate surface area is 142 Å². The van der Waals surface area contributed by atoms with Gasteiger partial charge >= 0.3 is 0 Å². The second kappa shape index (κ2) is 8.58. The Morgan fingerprint density at radius 2 is 2.05 bits per heavy atom. The molecule has 2 N–H and O–H groups in total. The van der Waals surface area contributed by atoms with E-state index in [9.17, 15) is 4.79 Å². The molecule has 1 heterocycles. The Hall–Kier alpha value is -1.01. The minimum absolute atomic E-state index is 0. The fraction of sp³-hybridized carbons (Fsp3) is 0.533. The molecule has 0 saturated carbocycles. The smallest absolute Gasteiger partial charge is 0.233 e. The number of methoxy groups -OCH3 is 2. The average molecular weight is 349 g/mol. The molecule has 7 heteroatoms. The number of carbonyl (C=O) groups excluding carboxylic acids is 1. The van der Waals surface area contributed by atoms with E-state index in [2.05, 4.69) is 10.6 Å². The van der Waals surface area contributed by atoms with Crippen LogP contribution >= 0.6 is 24.0 Å². The maximum absolute atomic E-state index is 12.7. The Bertz CT molecular complexity index is 500. The molecule has 1 aromatic rings. The maximum atomic E-state index is 12.7. The van der Waals surface area contributed by atoms with Crippen LogP contribution in [-0.2, 0) is 9.53 Å².